The molecule has 12 nitrogen and oxygen atoms in total. The van der Waals surface area contributed by atoms with Gasteiger partial charge < -0.3 is 41.7 Å². The van der Waals surface area contributed by atoms with E-state index in [1.807, 2.05) is 50.9 Å². The molecule has 12 heteroatoms. The average molecular weight is 572 g/mol. The van der Waals surface area contributed by atoms with Crippen molar-refractivity contribution in [3.63, 3.8) is 0 Å². The number of primary amides is 1. The molecule has 3 aliphatic carbocycles. The molecule has 1 aromatic rings. The minimum absolute atomic E-state index is 0.0372. The van der Waals surface area contributed by atoms with Gasteiger partial charge in [-0.15, -0.1) is 0 Å². The summed E-state index contributed by atoms with van der Waals surface area (Å²) in [6.45, 7) is 4.59. The fraction of sp³-hybridized carbons (Fsp3) is 0.552. The number of likely N-dealkylation sites (N-methyl/N-ethyl adjacent to an activating group) is 2. The van der Waals surface area contributed by atoms with Crippen LogP contribution in [0.1, 0.15) is 37.0 Å². The van der Waals surface area contributed by atoms with Gasteiger partial charge in [0, 0.05) is 55.5 Å². The van der Waals surface area contributed by atoms with Crippen LogP contribution >= 0.6 is 0 Å². The van der Waals surface area contributed by atoms with Gasteiger partial charge in [-0.1, -0.05) is 0 Å². The van der Waals surface area contributed by atoms with Crippen molar-refractivity contribution in [3.05, 3.63) is 39.7 Å². The number of hydrogen-bond acceptors (Lipinski definition) is 11. The minimum Gasteiger partial charge on any atom is -0.508 e. The van der Waals surface area contributed by atoms with Crippen LogP contribution in [0.4, 0.5) is 5.69 Å². The SMILES string of the molecule is CN(Cc1cc(N(C)C)c2c(c1O)C(O)=C1C(=O)[C@]3(O)C(O)=C(C(N)=O)C(=O)[C@@H](N(C)C)[C@@H]3C[C@@H]1C2)CC(C)(C)N. The second kappa shape index (κ2) is 10.1. The smallest absolute Gasteiger partial charge is 0.255 e. The fourth-order valence-corrected chi connectivity index (χ4v) is 6.91. The number of aliphatic hydroxyl groups excluding tert-OH is 2. The molecule has 224 valence electrons. The quantitative estimate of drug-likeness (QED) is 0.245. The highest BCUT2D eigenvalue weighted by molar-refractivity contribution is 6.24. The molecular formula is C29H41N5O7. The molecule has 4 atom stereocenters. The average Bonchev–Trinajstić information content (AvgIpc) is 2.81. The van der Waals surface area contributed by atoms with Crippen molar-refractivity contribution in [3.8, 4) is 5.75 Å². The maximum absolute atomic E-state index is 14.1. The molecule has 8 N–H and O–H groups in total. The van der Waals surface area contributed by atoms with Crippen LogP contribution in [0, 0.1) is 11.8 Å². The summed E-state index contributed by atoms with van der Waals surface area (Å²) >= 11 is 0. The Bertz CT molecular complexity index is 1390. The standard InChI is InChI=1S/C29H41N5O7/c1-28(2,31)12-34(7)11-14-10-17(32(3)4)15-8-13-9-16-21(33(5)6)24(37)20(27(30)40)26(39)29(16,41)25(38)18(13)23(36)19(15)22(14)35/h10,13,16,21,35-36,39,41H,8-9,11-12,31H2,1-7H3,(H2,30,40)/t13-,16-,21-,29-/m0/s1. The molecule has 0 aromatic heterocycles. The monoisotopic (exact) mass is 571 g/mol. The van der Waals surface area contributed by atoms with Crippen molar-refractivity contribution in [2.24, 2.45) is 23.3 Å². The first-order valence-electron chi connectivity index (χ1n) is 13.5. The number of nitrogens with two attached hydrogens (primary N) is 2. The van der Waals surface area contributed by atoms with Crippen molar-refractivity contribution in [2.75, 3.05) is 46.7 Å². The lowest BCUT2D eigenvalue weighted by atomic mass is 9.57. The summed E-state index contributed by atoms with van der Waals surface area (Å²) in [5.41, 5.74) is 9.30. The number of anilines is 1. The van der Waals surface area contributed by atoms with Crippen LogP contribution in [0.15, 0.2) is 23.0 Å². The van der Waals surface area contributed by atoms with Crippen LogP contribution in [0.25, 0.3) is 5.76 Å². The molecule has 1 fully saturated rings. The number of fused-ring (bicyclic) bond motifs is 3. The Balaban J connectivity index is 1.93. The first-order valence-corrected chi connectivity index (χ1v) is 13.5. The predicted molar refractivity (Wildman–Crippen MR) is 153 cm³/mol. The molecule has 0 heterocycles. The van der Waals surface area contributed by atoms with Gasteiger partial charge in [-0.3, -0.25) is 19.3 Å². The second-order valence-electron chi connectivity index (χ2n) is 12.8. The third kappa shape index (κ3) is 4.78. The Labute approximate surface area is 239 Å². The van der Waals surface area contributed by atoms with Crippen molar-refractivity contribution >= 4 is 28.9 Å². The molecule has 0 radical (unpaired) electrons. The van der Waals surface area contributed by atoms with Crippen LogP contribution in [0.3, 0.4) is 0 Å². The Morgan fingerprint density at radius 2 is 1.73 bits per heavy atom. The van der Waals surface area contributed by atoms with E-state index in [1.54, 1.807) is 14.1 Å². The summed E-state index contributed by atoms with van der Waals surface area (Å²) in [7, 11) is 8.66. The summed E-state index contributed by atoms with van der Waals surface area (Å²) in [6.07, 6.45) is 0.261. The molecule has 4 rings (SSSR count). The number of amides is 1. The molecule has 3 aliphatic rings. The number of carbonyl (C=O) groups is 3. The number of aromatic hydroxyl groups is 1. The number of Topliss-reactive ketones (excluding diaryl/α,β-unsaturated/α-hetero) is 2. The first-order chi connectivity index (χ1) is 18.8. The normalized spacial score (nSPS) is 26.4. The van der Waals surface area contributed by atoms with Crippen molar-refractivity contribution in [1.29, 1.82) is 0 Å². The molecule has 41 heavy (non-hydrogen) atoms. The van der Waals surface area contributed by atoms with Gasteiger partial charge in [0.2, 0.25) is 5.78 Å². The molecule has 1 aromatic carbocycles. The molecule has 1 saturated carbocycles. The number of nitrogens with zero attached hydrogens (tertiary/aromatic N) is 3. The second-order valence-corrected chi connectivity index (χ2v) is 12.8. The third-order valence-electron chi connectivity index (χ3n) is 8.38. The van der Waals surface area contributed by atoms with Crippen molar-refractivity contribution < 1.29 is 34.8 Å². The Kier molecular flexibility index (Phi) is 7.53. The van der Waals surface area contributed by atoms with Crippen molar-refractivity contribution in [2.45, 2.75) is 50.4 Å². The van der Waals surface area contributed by atoms with Crippen LogP contribution in [0.5, 0.6) is 5.75 Å². The van der Waals surface area contributed by atoms with E-state index >= 15 is 0 Å². The van der Waals surface area contributed by atoms with Crippen molar-refractivity contribution in [1.82, 2.24) is 9.80 Å². The molecule has 0 spiro atoms. The van der Waals surface area contributed by atoms with E-state index in [-0.39, 0.29) is 29.7 Å². The fourth-order valence-electron chi connectivity index (χ4n) is 6.91. The van der Waals surface area contributed by atoms with Gasteiger partial charge in [0.15, 0.2) is 11.4 Å². The molecule has 0 unspecified atom stereocenters. The van der Waals surface area contributed by atoms with Gasteiger partial charge in [0.05, 0.1) is 11.6 Å². The van der Waals surface area contributed by atoms with E-state index in [0.717, 1.165) is 5.69 Å². The Morgan fingerprint density at radius 3 is 2.24 bits per heavy atom. The number of rotatable bonds is 7. The highest BCUT2D eigenvalue weighted by Crippen LogP contribution is 2.54. The maximum atomic E-state index is 14.1. The summed E-state index contributed by atoms with van der Waals surface area (Å²) in [6, 6.07) is 0.715. The minimum atomic E-state index is -2.67. The summed E-state index contributed by atoms with van der Waals surface area (Å²) < 4.78 is 0. The molecule has 1 amide bonds. The highest BCUT2D eigenvalue weighted by atomic mass is 16.3. The zero-order chi connectivity index (χ0) is 30.9. The van der Waals surface area contributed by atoms with Gasteiger partial charge >= 0.3 is 0 Å². The van der Waals surface area contributed by atoms with Gasteiger partial charge in [-0.2, -0.15) is 0 Å². The number of aliphatic hydroxyl groups is 3. The molecule has 0 saturated heterocycles. The molecular weight excluding hydrogens is 530 g/mol. The third-order valence-corrected chi connectivity index (χ3v) is 8.38. The number of carbonyl (C=O) groups excluding carboxylic acids is 3. The summed E-state index contributed by atoms with van der Waals surface area (Å²) in [4.78, 5) is 44.8. The number of phenolic OH excluding ortho intramolecular Hbond substituents is 1. The van der Waals surface area contributed by atoms with Crippen LogP contribution in [-0.2, 0) is 27.3 Å². The Morgan fingerprint density at radius 1 is 1.12 bits per heavy atom. The number of phenols is 1. The zero-order valence-electron chi connectivity index (χ0n) is 24.6. The van der Waals surface area contributed by atoms with E-state index in [1.165, 1.54) is 4.90 Å². The predicted octanol–water partition coefficient (Wildman–Crippen LogP) is 0.199. The number of benzene rings is 1. The van der Waals surface area contributed by atoms with Gasteiger partial charge in [0.1, 0.15) is 22.8 Å². The van der Waals surface area contributed by atoms with Gasteiger partial charge in [-0.05, 0) is 65.4 Å². The lowest BCUT2D eigenvalue weighted by molar-refractivity contribution is -0.153. The largest absolute Gasteiger partial charge is 0.508 e. The lowest BCUT2D eigenvalue weighted by Crippen LogP contribution is -2.65. The summed E-state index contributed by atoms with van der Waals surface area (Å²) in [5, 5.41) is 45.9. The van der Waals surface area contributed by atoms with E-state index in [4.69, 9.17) is 11.5 Å². The zero-order valence-corrected chi connectivity index (χ0v) is 24.6. The van der Waals surface area contributed by atoms with E-state index < -0.39 is 63.6 Å². The van der Waals surface area contributed by atoms with E-state index in [0.29, 0.717) is 24.2 Å². The molecule has 0 bridgehead atoms. The van der Waals surface area contributed by atoms with Gasteiger partial charge in [-0.25, -0.2) is 0 Å². The molecule has 0 aliphatic heterocycles. The lowest BCUT2D eigenvalue weighted by Gasteiger charge is -2.50. The van der Waals surface area contributed by atoms with E-state index in [2.05, 4.69) is 0 Å². The summed E-state index contributed by atoms with van der Waals surface area (Å²) in [5.74, 6) is -6.66. The van der Waals surface area contributed by atoms with Gasteiger partial charge in [0.25, 0.3) is 5.91 Å². The van der Waals surface area contributed by atoms with Crippen LogP contribution < -0.4 is 16.4 Å². The topological polar surface area (TPSA) is 194 Å². The Hall–Kier alpha value is -3.45. The number of hydrogen-bond donors (Lipinski definition) is 6. The number of ketones is 2. The van der Waals surface area contributed by atoms with Crippen LogP contribution in [0.2, 0.25) is 0 Å². The maximum Gasteiger partial charge on any atom is 0.255 e. The first kappa shape index (κ1) is 30.5. The highest BCUT2D eigenvalue weighted by Gasteiger charge is 2.64. The van der Waals surface area contributed by atoms with Crippen LogP contribution in [-0.4, -0.2) is 107 Å². The van der Waals surface area contributed by atoms with E-state index in [9.17, 15) is 34.8 Å².